The van der Waals surface area contributed by atoms with Crippen LogP contribution in [0.15, 0.2) is 10.2 Å². The van der Waals surface area contributed by atoms with Gasteiger partial charge in [0, 0.05) is 5.92 Å². The van der Waals surface area contributed by atoms with Crippen molar-refractivity contribution in [3.8, 4) is 0 Å². The smallest absolute Gasteiger partial charge is 0.121 e. The number of nitrogens with one attached hydrogen (secondary N) is 2. The summed E-state index contributed by atoms with van der Waals surface area (Å²) in [7, 11) is 1.65. The first-order valence-electron chi connectivity index (χ1n) is 4.82. The fourth-order valence-electron chi connectivity index (χ4n) is 1.17. The average Bonchev–Trinajstić information content (AvgIpc) is 2.02. The molecule has 0 aromatic rings. The van der Waals surface area contributed by atoms with Gasteiger partial charge in [0.1, 0.15) is 5.71 Å². The van der Waals surface area contributed by atoms with Gasteiger partial charge in [-0.25, -0.2) is 0 Å². The number of nitrogens with zero attached hydrogens (tertiary/aromatic N) is 2. The predicted molar refractivity (Wildman–Crippen MR) is 59.9 cm³/mol. The molecule has 0 bridgehead atoms. The Hall–Kier alpha value is -0.940. The lowest BCUT2D eigenvalue weighted by Gasteiger charge is -2.17. The zero-order valence-corrected chi connectivity index (χ0v) is 9.63. The van der Waals surface area contributed by atoms with Crippen LogP contribution >= 0.6 is 0 Å². The molecule has 4 N–H and O–H groups in total. The molecule has 0 aliphatic rings. The van der Waals surface area contributed by atoms with E-state index in [9.17, 15) is 0 Å². The van der Waals surface area contributed by atoms with Gasteiger partial charge >= 0.3 is 0 Å². The van der Waals surface area contributed by atoms with E-state index >= 15 is 0 Å². The first-order valence-corrected chi connectivity index (χ1v) is 4.82. The summed E-state index contributed by atoms with van der Waals surface area (Å²) in [4.78, 5) is 0. The Labute approximate surface area is 85.8 Å². The van der Waals surface area contributed by atoms with Gasteiger partial charge in [-0.2, -0.15) is 5.10 Å². The lowest BCUT2D eigenvalue weighted by molar-refractivity contribution is -0.833. The monoisotopic (exact) mass is 199 g/mol. The summed E-state index contributed by atoms with van der Waals surface area (Å²) in [6, 6.07) is 0. The van der Waals surface area contributed by atoms with E-state index in [0.29, 0.717) is 0 Å². The third-order valence-corrected chi connectivity index (χ3v) is 1.78. The van der Waals surface area contributed by atoms with Crippen molar-refractivity contribution in [2.24, 2.45) is 27.9 Å². The Morgan fingerprint density at radius 1 is 1.14 bits per heavy atom. The number of hydrogen-bond donors (Lipinski definition) is 2. The molecule has 1 atom stereocenters. The second kappa shape index (κ2) is 5.72. The van der Waals surface area contributed by atoms with E-state index in [2.05, 4.69) is 10.2 Å². The molecule has 0 aromatic heterocycles. The molecule has 0 saturated heterocycles. The molecule has 0 fully saturated rings. The molecule has 0 rings (SSSR count). The van der Waals surface area contributed by atoms with Crippen LogP contribution in [0.2, 0.25) is 0 Å². The normalized spacial score (nSPS) is 16.6. The Balaban J connectivity index is 5.01. The zero-order valence-electron chi connectivity index (χ0n) is 9.63. The average molecular weight is 199 g/mol. The SMILES string of the molecule is CC(C)C(=N/N)/C(=N\[NH+](C)[NH-])C(C)C. The van der Waals surface area contributed by atoms with Gasteiger partial charge in [0.05, 0.1) is 12.8 Å². The Morgan fingerprint density at radius 2 is 1.57 bits per heavy atom. The minimum absolute atomic E-state index is 0.236. The number of nitrogens with two attached hydrogens (primary N) is 1. The maximum Gasteiger partial charge on any atom is 0.121 e. The van der Waals surface area contributed by atoms with Gasteiger partial charge in [-0.05, 0) is 5.92 Å². The van der Waals surface area contributed by atoms with Crippen molar-refractivity contribution in [3.63, 3.8) is 0 Å². The van der Waals surface area contributed by atoms with Crippen LogP contribution in [0.3, 0.4) is 0 Å². The predicted octanol–water partition coefficient (Wildman–Crippen LogP) is 0.451. The fourth-order valence-corrected chi connectivity index (χ4v) is 1.17. The van der Waals surface area contributed by atoms with Crippen molar-refractivity contribution in [2.75, 3.05) is 7.05 Å². The van der Waals surface area contributed by atoms with Gasteiger partial charge in [0.2, 0.25) is 0 Å². The van der Waals surface area contributed by atoms with Crippen molar-refractivity contribution < 1.29 is 5.12 Å². The lowest BCUT2D eigenvalue weighted by Crippen LogP contribution is -2.97. The Morgan fingerprint density at radius 3 is 1.79 bits per heavy atom. The number of hydrazone groups is 1. The summed E-state index contributed by atoms with van der Waals surface area (Å²) in [5.74, 6) is 13.1. The maximum absolute atomic E-state index is 7.34. The molecule has 0 aliphatic carbocycles. The maximum atomic E-state index is 7.34. The van der Waals surface area contributed by atoms with E-state index in [1.807, 2.05) is 27.7 Å². The standard InChI is InChI=1S/C9H21N5/c1-6(2)8(12-10)9(7(3)4)13-14(5)11/h6-7,11,14H,10H2,1-5H3/b12-8-,13-9-. The highest BCUT2D eigenvalue weighted by molar-refractivity contribution is 6.43. The molecule has 5 heteroatoms. The Kier molecular flexibility index (Phi) is 5.34. The highest BCUT2D eigenvalue weighted by atomic mass is 15.6. The van der Waals surface area contributed by atoms with Crippen LogP contribution in [0.5, 0.6) is 0 Å². The summed E-state index contributed by atoms with van der Waals surface area (Å²) in [5, 5.41) is 8.20. The molecular weight excluding hydrogens is 178 g/mol. The first kappa shape index (κ1) is 13.1. The minimum Gasteiger partial charge on any atom is -0.441 e. The second-order valence-electron chi connectivity index (χ2n) is 3.91. The van der Waals surface area contributed by atoms with Crippen LogP contribution in [-0.2, 0) is 0 Å². The molecule has 0 aromatic carbocycles. The van der Waals surface area contributed by atoms with Crippen LogP contribution in [0.25, 0.3) is 5.84 Å². The highest BCUT2D eigenvalue weighted by Gasteiger charge is 2.18. The van der Waals surface area contributed by atoms with Crippen molar-refractivity contribution >= 4 is 11.4 Å². The van der Waals surface area contributed by atoms with Gasteiger partial charge in [-0.1, -0.05) is 32.8 Å². The van der Waals surface area contributed by atoms with Gasteiger partial charge in [0.25, 0.3) is 0 Å². The van der Waals surface area contributed by atoms with Crippen molar-refractivity contribution in [1.29, 1.82) is 0 Å². The van der Waals surface area contributed by atoms with E-state index in [-0.39, 0.29) is 17.0 Å². The van der Waals surface area contributed by atoms with Crippen molar-refractivity contribution in [3.05, 3.63) is 5.84 Å². The minimum atomic E-state index is 0.236. The third-order valence-electron chi connectivity index (χ3n) is 1.78. The summed E-state index contributed by atoms with van der Waals surface area (Å²) in [6.07, 6.45) is 0. The molecule has 0 radical (unpaired) electrons. The quantitative estimate of drug-likeness (QED) is 0.385. The van der Waals surface area contributed by atoms with Gasteiger partial charge in [-0.15, -0.1) is 0 Å². The summed E-state index contributed by atoms with van der Waals surface area (Å²) < 4.78 is 0. The van der Waals surface area contributed by atoms with Crippen LogP contribution in [0.4, 0.5) is 0 Å². The van der Waals surface area contributed by atoms with E-state index in [4.69, 9.17) is 11.7 Å². The molecule has 1 unspecified atom stereocenters. The van der Waals surface area contributed by atoms with Gasteiger partial charge in [0.15, 0.2) is 0 Å². The van der Waals surface area contributed by atoms with Crippen LogP contribution in [0.1, 0.15) is 27.7 Å². The van der Waals surface area contributed by atoms with E-state index in [1.165, 1.54) is 0 Å². The molecule has 0 spiro atoms. The van der Waals surface area contributed by atoms with E-state index < -0.39 is 0 Å². The summed E-state index contributed by atoms with van der Waals surface area (Å²) >= 11 is 0. The molecule has 0 amide bonds. The van der Waals surface area contributed by atoms with E-state index in [0.717, 1.165) is 11.4 Å². The van der Waals surface area contributed by atoms with Crippen LogP contribution in [0, 0.1) is 11.8 Å². The fraction of sp³-hybridized carbons (Fsp3) is 0.778. The van der Waals surface area contributed by atoms with E-state index in [1.54, 1.807) is 7.05 Å². The molecule has 14 heavy (non-hydrogen) atoms. The lowest BCUT2D eigenvalue weighted by atomic mass is 9.96. The summed E-state index contributed by atoms with van der Waals surface area (Å²) in [6.45, 7) is 8.08. The molecule has 82 valence electrons. The van der Waals surface area contributed by atoms with Crippen molar-refractivity contribution in [1.82, 2.24) is 0 Å². The van der Waals surface area contributed by atoms with Gasteiger partial charge < -0.3 is 11.7 Å². The number of hydrogen-bond acceptors (Lipinski definition) is 3. The van der Waals surface area contributed by atoms with Crippen molar-refractivity contribution in [2.45, 2.75) is 27.7 Å². The third kappa shape index (κ3) is 3.85. The largest absolute Gasteiger partial charge is 0.441 e. The molecular formula is C9H21N5. The topological polar surface area (TPSA) is 79.0 Å². The number of quaternary nitrogens is 1. The van der Waals surface area contributed by atoms with Crippen LogP contribution < -0.4 is 11.0 Å². The molecule has 5 nitrogen and oxygen atoms in total. The molecule has 0 aliphatic heterocycles. The molecule has 0 heterocycles. The second-order valence-corrected chi connectivity index (χ2v) is 3.91. The summed E-state index contributed by atoms with van der Waals surface area (Å²) in [5.41, 5.74) is 1.60. The zero-order chi connectivity index (χ0) is 11.3. The number of rotatable bonds is 4. The highest BCUT2D eigenvalue weighted by Crippen LogP contribution is 2.06. The van der Waals surface area contributed by atoms with Gasteiger partial charge in [-0.3, -0.25) is 5.12 Å². The molecule has 0 saturated carbocycles. The van der Waals surface area contributed by atoms with Crippen LogP contribution in [-0.4, -0.2) is 18.5 Å². The first-order chi connectivity index (χ1) is 6.40. The Bertz CT molecular complexity index is 227.